The third-order valence-electron chi connectivity index (χ3n) is 3.08. The lowest BCUT2D eigenvalue weighted by Crippen LogP contribution is -2.42. The van der Waals surface area contributed by atoms with E-state index in [1.54, 1.807) is 0 Å². The lowest BCUT2D eigenvalue weighted by Gasteiger charge is -2.26. The molecule has 0 atom stereocenters. The molecule has 0 unspecified atom stereocenters. The summed E-state index contributed by atoms with van der Waals surface area (Å²) in [6.07, 6.45) is 0. The first kappa shape index (κ1) is 15.4. The topological polar surface area (TPSA) is 49.4 Å². The molecule has 1 saturated heterocycles. The molecule has 20 heavy (non-hydrogen) atoms. The molecule has 1 aliphatic heterocycles. The number of hydrogen-bond donors (Lipinski definition) is 2. The summed E-state index contributed by atoms with van der Waals surface area (Å²) in [4.78, 5) is 6.66. The fourth-order valence-electron chi connectivity index (χ4n) is 1.93. The van der Waals surface area contributed by atoms with Gasteiger partial charge in [0.05, 0.1) is 23.9 Å². The maximum Gasteiger partial charge on any atom is 0.171 e. The van der Waals surface area contributed by atoms with Crippen LogP contribution in [0.3, 0.4) is 0 Å². The SMILES string of the molecule is Cc1nc(NC(=S)NCCN2CCOCC2)ccc1Cl. The Balaban J connectivity index is 1.70. The van der Waals surface area contributed by atoms with Crippen LogP contribution in [0.4, 0.5) is 5.82 Å². The summed E-state index contributed by atoms with van der Waals surface area (Å²) < 4.78 is 5.31. The number of nitrogens with one attached hydrogen (secondary N) is 2. The monoisotopic (exact) mass is 314 g/mol. The highest BCUT2D eigenvalue weighted by atomic mass is 35.5. The predicted molar refractivity (Wildman–Crippen MR) is 85.5 cm³/mol. The standard InChI is InChI=1S/C13H19ClN4OS/c1-10-11(14)2-3-12(16-10)17-13(20)15-4-5-18-6-8-19-9-7-18/h2-3H,4-9H2,1H3,(H2,15,16,17,20). The molecule has 110 valence electrons. The Labute approximate surface area is 129 Å². The number of hydrogen-bond acceptors (Lipinski definition) is 4. The van der Waals surface area contributed by atoms with Crippen LogP contribution in [-0.4, -0.2) is 54.4 Å². The number of halogens is 1. The van der Waals surface area contributed by atoms with E-state index in [1.807, 2.05) is 19.1 Å². The van der Waals surface area contributed by atoms with Gasteiger partial charge < -0.3 is 15.4 Å². The zero-order valence-electron chi connectivity index (χ0n) is 11.5. The van der Waals surface area contributed by atoms with E-state index in [0.717, 1.165) is 45.1 Å². The third kappa shape index (κ3) is 4.86. The van der Waals surface area contributed by atoms with E-state index in [1.165, 1.54) is 0 Å². The Morgan fingerprint density at radius 2 is 2.20 bits per heavy atom. The fourth-order valence-corrected chi connectivity index (χ4v) is 2.24. The van der Waals surface area contributed by atoms with Crippen LogP contribution in [0.1, 0.15) is 5.69 Å². The van der Waals surface area contributed by atoms with Gasteiger partial charge in [-0.2, -0.15) is 0 Å². The van der Waals surface area contributed by atoms with Gasteiger partial charge >= 0.3 is 0 Å². The number of morpholine rings is 1. The summed E-state index contributed by atoms with van der Waals surface area (Å²) in [7, 11) is 0. The van der Waals surface area contributed by atoms with Crippen molar-refractivity contribution in [3.8, 4) is 0 Å². The highest BCUT2D eigenvalue weighted by Crippen LogP contribution is 2.15. The van der Waals surface area contributed by atoms with Gasteiger partial charge in [0.1, 0.15) is 5.82 Å². The lowest BCUT2D eigenvalue weighted by atomic mass is 10.4. The number of anilines is 1. The number of pyridine rings is 1. The molecule has 2 heterocycles. The van der Waals surface area contributed by atoms with E-state index in [-0.39, 0.29) is 0 Å². The van der Waals surface area contributed by atoms with Gasteiger partial charge in [0.25, 0.3) is 0 Å². The molecule has 5 nitrogen and oxygen atoms in total. The first-order valence-corrected chi connectivity index (χ1v) is 7.42. The molecule has 1 aliphatic rings. The van der Waals surface area contributed by atoms with Crippen molar-refractivity contribution in [2.45, 2.75) is 6.92 Å². The van der Waals surface area contributed by atoms with Crippen molar-refractivity contribution in [1.82, 2.24) is 15.2 Å². The van der Waals surface area contributed by atoms with Crippen LogP contribution in [-0.2, 0) is 4.74 Å². The molecular weight excluding hydrogens is 296 g/mol. The normalized spacial score (nSPS) is 15.9. The molecule has 0 aliphatic carbocycles. The van der Waals surface area contributed by atoms with E-state index in [0.29, 0.717) is 16.0 Å². The number of aryl methyl sites for hydroxylation is 1. The molecule has 2 N–H and O–H groups in total. The van der Waals surface area contributed by atoms with Crippen LogP contribution in [0.25, 0.3) is 0 Å². The molecule has 0 spiro atoms. The van der Waals surface area contributed by atoms with Crippen molar-refractivity contribution in [2.24, 2.45) is 0 Å². The highest BCUT2D eigenvalue weighted by Gasteiger charge is 2.09. The Morgan fingerprint density at radius 1 is 1.45 bits per heavy atom. The molecule has 0 bridgehead atoms. The van der Waals surface area contributed by atoms with Crippen molar-refractivity contribution >= 4 is 34.7 Å². The summed E-state index contributed by atoms with van der Waals surface area (Å²) in [5, 5.41) is 7.46. The van der Waals surface area contributed by atoms with Crippen molar-refractivity contribution in [2.75, 3.05) is 44.7 Å². The van der Waals surface area contributed by atoms with Crippen LogP contribution in [0, 0.1) is 6.92 Å². The van der Waals surface area contributed by atoms with Gasteiger partial charge in [0.15, 0.2) is 5.11 Å². The van der Waals surface area contributed by atoms with Crippen LogP contribution in [0.5, 0.6) is 0 Å². The van der Waals surface area contributed by atoms with Crippen LogP contribution in [0.15, 0.2) is 12.1 Å². The summed E-state index contributed by atoms with van der Waals surface area (Å²) in [5.41, 5.74) is 0.785. The minimum atomic E-state index is 0.576. The average Bonchev–Trinajstić information content (AvgIpc) is 2.44. The van der Waals surface area contributed by atoms with E-state index >= 15 is 0 Å². The maximum atomic E-state index is 5.93. The molecule has 1 aromatic heterocycles. The van der Waals surface area contributed by atoms with Crippen molar-refractivity contribution in [3.63, 3.8) is 0 Å². The second kappa shape index (κ2) is 7.73. The Bertz CT molecular complexity index is 466. The van der Waals surface area contributed by atoms with Crippen LogP contribution >= 0.6 is 23.8 Å². The van der Waals surface area contributed by atoms with Crippen molar-refractivity contribution < 1.29 is 4.74 Å². The van der Waals surface area contributed by atoms with Gasteiger partial charge in [0, 0.05) is 26.2 Å². The number of ether oxygens (including phenoxy) is 1. The molecule has 0 amide bonds. The van der Waals surface area contributed by atoms with Gasteiger partial charge in [-0.05, 0) is 31.3 Å². The molecule has 1 aromatic rings. The quantitative estimate of drug-likeness (QED) is 0.824. The first-order chi connectivity index (χ1) is 9.65. The van der Waals surface area contributed by atoms with E-state index in [2.05, 4.69) is 20.5 Å². The molecule has 7 heteroatoms. The number of thiocarbonyl (C=S) groups is 1. The zero-order chi connectivity index (χ0) is 14.4. The molecule has 0 radical (unpaired) electrons. The van der Waals surface area contributed by atoms with E-state index in [4.69, 9.17) is 28.6 Å². The molecule has 0 saturated carbocycles. The summed E-state index contributed by atoms with van der Waals surface area (Å²) in [6, 6.07) is 3.62. The average molecular weight is 315 g/mol. The van der Waals surface area contributed by atoms with Gasteiger partial charge in [-0.25, -0.2) is 4.98 Å². The van der Waals surface area contributed by atoms with E-state index in [9.17, 15) is 0 Å². The molecule has 0 aromatic carbocycles. The largest absolute Gasteiger partial charge is 0.379 e. The smallest absolute Gasteiger partial charge is 0.171 e. The number of aromatic nitrogens is 1. The van der Waals surface area contributed by atoms with E-state index < -0.39 is 0 Å². The Morgan fingerprint density at radius 3 is 2.90 bits per heavy atom. The second-order valence-electron chi connectivity index (χ2n) is 4.60. The Hall–Kier alpha value is -0.950. The molecular formula is C13H19ClN4OS. The van der Waals surface area contributed by atoms with Gasteiger partial charge in [-0.1, -0.05) is 11.6 Å². The van der Waals surface area contributed by atoms with Gasteiger partial charge in [-0.15, -0.1) is 0 Å². The van der Waals surface area contributed by atoms with Crippen LogP contribution < -0.4 is 10.6 Å². The summed E-state index contributed by atoms with van der Waals surface area (Å²) in [5.74, 6) is 0.704. The van der Waals surface area contributed by atoms with Gasteiger partial charge in [0.2, 0.25) is 0 Å². The molecule has 1 fully saturated rings. The second-order valence-corrected chi connectivity index (χ2v) is 5.41. The highest BCUT2D eigenvalue weighted by molar-refractivity contribution is 7.80. The van der Waals surface area contributed by atoms with Gasteiger partial charge in [-0.3, -0.25) is 4.90 Å². The third-order valence-corrected chi connectivity index (χ3v) is 3.73. The summed E-state index contributed by atoms with van der Waals surface area (Å²) >= 11 is 11.2. The maximum absolute atomic E-state index is 5.93. The molecule has 2 rings (SSSR count). The minimum Gasteiger partial charge on any atom is -0.379 e. The fraction of sp³-hybridized carbons (Fsp3) is 0.538. The minimum absolute atomic E-state index is 0.576. The first-order valence-electron chi connectivity index (χ1n) is 6.63. The number of nitrogens with zero attached hydrogens (tertiary/aromatic N) is 2. The number of rotatable bonds is 4. The zero-order valence-corrected chi connectivity index (χ0v) is 13.1. The predicted octanol–water partition coefficient (Wildman–Crippen LogP) is 1.66. The summed E-state index contributed by atoms with van der Waals surface area (Å²) in [6.45, 7) is 7.23. The van der Waals surface area contributed by atoms with Crippen molar-refractivity contribution in [1.29, 1.82) is 0 Å². The van der Waals surface area contributed by atoms with Crippen molar-refractivity contribution in [3.05, 3.63) is 22.8 Å². The lowest BCUT2D eigenvalue weighted by molar-refractivity contribution is 0.0389. The Kier molecular flexibility index (Phi) is 5.97. The van der Waals surface area contributed by atoms with Crippen LogP contribution in [0.2, 0.25) is 5.02 Å².